The van der Waals surface area contributed by atoms with Gasteiger partial charge in [-0.15, -0.1) is 0 Å². The SMILES string of the molecule is CC([C]=O)Nc1nccc2ccccc12. The van der Waals surface area contributed by atoms with E-state index in [0.717, 1.165) is 16.6 Å². The lowest BCUT2D eigenvalue weighted by molar-refractivity contribution is 0.549. The number of nitrogens with zero attached hydrogens (tertiary/aromatic N) is 1. The molecule has 1 radical (unpaired) electrons. The van der Waals surface area contributed by atoms with Gasteiger partial charge in [-0.25, -0.2) is 4.98 Å². The Labute approximate surface area is 88.1 Å². The first kappa shape index (κ1) is 9.65. The van der Waals surface area contributed by atoms with Crippen LogP contribution >= 0.6 is 0 Å². The summed E-state index contributed by atoms with van der Waals surface area (Å²) >= 11 is 0. The maximum absolute atomic E-state index is 10.4. The number of nitrogens with one attached hydrogen (secondary N) is 1. The molecule has 0 saturated heterocycles. The highest BCUT2D eigenvalue weighted by Crippen LogP contribution is 2.20. The molecule has 0 aliphatic carbocycles. The second kappa shape index (κ2) is 4.09. The molecule has 2 rings (SSSR count). The van der Waals surface area contributed by atoms with E-state index >= 15 is 0 Å². The molecule has 0 spiro atoms. The second-order valence-electron chi connectivity index (χ2n) is 3.36. The minimum atomic E-state index is -0.344. The van der Waals surface area contributed by atoms with Gasteiger partial charge in [0.15, 0.2) is 0 Å². The van der Waals surface area contributed by atoms with Crippen LogP contribution in [0.2, 0.25) is 0 Å². The van der Waals surface area contributed by atoms with E-state index in [9.17, 15) is 4.79 Å². The van der Waals surface area contributed by atoms with Crippen molar-refractivity contribution in [1.82, 2.24) is 4.98 Å². The van der Waals surface area contributed by atoms with Gasteiger partial charge in [0.1, 0.15) is 5.82 Å². The van der Waals surface area contributed by atoms with E-state index < -0.39 is 0 Å². The summed E-state index contributed by atoms with van der Waals surface area (Å²) in [5.74, 6) is 0.726. The van der Waals surface area contributed by atoms with Crippen LogP contribution in [0.5, 0.6) is 0 Å². The summed E-state index contributed by atoms with van der Waals surface area (Å²) in [5.41, 5.74) is 0. The van der Waals surface area contributed by atoms with Crippen molar-refractivity contribution < 1.29 is 4.79 Å². The van der Waals surface area contributed by atoms with Crippen LogP contribution in [0.3, 0.4) is 0 Å². The molecule has 1 aromatic heterocycles. The van der Waals surface area contributed by atoms with Crippen molar-refractivity contribution >= 4 is 22.9 Å². The monoisotopic (exact) mass is 199 g/mol. The van der Waals surface area contributed by atoms with Crippen molar-refractivity contribution in [3.63, 3.8) is 0 Å². The number of fused-ring (bicyclic) bond motifs is 1. The summed E-state index contributed by atoms with van der Waals surface area (Å²) in [5, 5.41) is 5.12. The maximum atomic E-state index is 10.4. The highest BCUT2D eigenvalue weighted by molar-refractivity contribution is 5.92. The number of pyridine rings is 1. The van der Waals surface area contributed by atoms with Gasteiger partial charge in [-0.1, -0.05) is 24.3 Å². The quantitative estimate of drug-likeness (QED) is 0.823. The molecule has 0 saturated carbocycles. The number of rotatable bonds is 3. The first-order chi connectivity index (χ1) is 7.31. The van der Waals surface area contributed by atoms with Crippen LogP contribution < -0.4 is 5.32 Å². The molecule has 1 heterocycles. The van der Waals surface area contributed by atoms with Gasteiger partial charge in [0, 0.05) is 11.6 Å². The number of hydrogen-bond donors (Lipinski definition) is 1. The predicted molar refractivity (Wildman–Crippen MR) is 60.5 cm³/mol. The van der Waals surface area contributed by atoms with Gasteiger partial charge in [-0.3, -0.25) is 4.79 Å². The molecule has 3 heteroatoms. The largest absolute Gasteiger partial charge is 0.360 e. The molecule has 0 bridgehead atoms. The first-order valence-electron chi connectivity index (χ1n) is 4.79. The average molecular weight is 199 g/mol. The third kappa shape index (κ3) is 1.96. The lowest BCUT2D eigenvalue weighted by Crippen LogP contribution is -2.17. The van der Waals surface area contributed by atoms with Gasteiger partial charge in [0.05, 0.1) is 6.04 Å². The van der Waals surface area contributed by atoms with Crippen molar-refractivity contribution in [2.45, 2.75) is 13.0 Å². The third-order valence-electron chi connectivity index (χ3n) is 2.20. The Bertz CT molecular complexity index is 477. The molecule has 2 aromatic rings. The molecule has 1 aromatic carbocycles. The first-order valence-corrected chi connectivity index (χ1v) is 4.79. The third-order valence-corrected chi connectivity index (χ3v) is 2.20. The van der Waals surface area contributed by atoms with Crippen LogP contribution in [0.25, 0.3) is 10.8 Å². The summed E-state index contributed by atoms with van der Waals surface area (Å²) in [6, 6.07) is 9.50. The van der Waals surface area contributed by atoms with E-state index in [1.54, 1.807) is 13.1 Å². The highest BCUT2D eigenvalue weighted by Gasteiger charge is 2.04. The minimum Gasteiger partial charge on any atom is -0.360 e. The highest BCUT2D eigenvalue weighted by atomic mass is 16.1. The number of anilines is 1. The standard InChI is InChI=1S/C12H11N2O/c1-9(8-15)14-12-11-5-3-2-4-10(11)6-7-13-12/h2-7,9H,1H3,(H,13,14). The van der Waals surface area contributed by atoms with Crippen LogP contribution in [0.15, 0.2) is 36.5 Å². The lowest BCUT2D eigenvalue weighted by Gasteiger charge is -2.09. The molecule has 0 aliphatic heterocycles. The van der Waals surface area contributed by atoms with Gasteiger partial charge in [0.2, 0.25) is 6.29 Å². The Balaban J connectivity index is 2.46. The fourth-order valence-electron chi connectivity index (χ4n) is 1.47. The molecule has 0 aliphatic rings. The van der Waals surface area contributed by atoms with Gasteiger partial charge >= 0.3 is 0 Å². The summed E-state index contributed by atoms with van der Waals surface area (Å²) < 4.78 is 0. The molecular formula is C12H11N2O. The van der Waals surface area contributed by atoms with Crippen LogP contribution in [0.1, 0.15) is 6.92 Å². The van der Waals surface area contributed by atoms with E-state index in [-0.39, 0.29) is 6.04 Å². The summed E-state index contributed by atoms with van der Waals surface area (Å²) in [6.45, 7) is 1.75. The molecule has 1 unspecified atom stereocenters. The van der Waals surface area contributed by atoms with E-state index in [1.165, 1.54) is 0 Å². The van der Waals surface area contributed by atoms with Crippen molar-refractivity contribution in [1.29, 1.82) is 0 Å². The second-order valence-corrected chi connectivity index (χ2v) is 3.36. The fourth-order valence-corrected chi connectivity index (χ4v) is 1.47. The van der Waals surface area contributed by atoms with Crippen LogP contribution in [0.4, 0.5) is 5.82 Å². The molecule has 0 amide bonds. The van der Waals surface area contributed by atoms with Crippen molar-refractivity contribution in [3.8, 4) is 0 Å². The van der Waals surface area contributed by atoms with E-state index in [1.807, 2.05) is 36.6 Å². The van der Waals surface area contributed by atoms with Gasteiger partial charge in [-0.2, -0.15) is 0 Å². The Hall–Kier alpha value is -1.90. The Kier molecular flexibility index (Phi) is 2.63. The predicted octanol–water partition coefficient (Wildman–Crippen LogP) is 2.14. The molecule has 1 N–H and O–H groups in total. The Morgan fingerprint density at radius 2 is 2.13 bits per heavy atom. The molecule has 75 valence electrons. The number of benzene rings is 1. The van der Waals surface area contributed by atoms with Crippen LogP contribution in [-0.4, -0.2) is 17.3 Å². The normalized spacial score (nSPS) is 12.3. The average Bonchev–Trinajstić information content (AvgIpc) is 2.29. The lowest BCUT2D eigenvalue weighted by atomic mass is 10.1. The van der Waals surface area contributed by atoms with E-state index in [0.29, 0.717) is 0 Å². The molecule has 15 heavy (non-hydrogen) atoms. The molecular weight excluding hydrogens is 188 g/mol. The zero-order valence-electron chi connectivity index (χ0n) is 8.40. The van der Waals surface area contributed by atoms with Gasteiger partial charge in [-0.05, 0) is 18.4 Å². The summed E-state index contributed by atoms with van der Waals surface area (Å²) in [4.78, 5) is 14.6. The van der Waals surface area contributed by atoms with E-state index in [2.05, 4.69) is 10.3 Å². The molecule has 0 fully saturated rings. The topological polar surface area (TPSA) is 42.0 Å². The number of aromatic nitrogens is 1. The Morgan fingerprint density at radius 1 is 1.33 bits per heavy atom. The zero-order valence-corrected chi connectivity index (χ0v) is 8.40. The van der Waals surface area contributed by atoms with E-state index in [4.69, 9.17) is 0 Å². The summed E-state index contributed by atoms with van der Waals surface area (Å²) in [6.07, 6.45) is 3.60. The molecule has 1 atom stereocenters. The van der Waals surface area contributed by atoms with Crippen molar-refractivity contribution in [2.24, 2.45) is 0 Å². The minimum absolute atomic E-state index is 0.344. The zero-order chi connectivity index (χ0) is 10.7. The van der Waals surface area contributed by atoms with Crippen molar-refractivity contribution in [3.05, 3.63) is 36.5 Å². The smallest absolute Gasteiger partial charge is 0.222 e. The maximum Gasteiger partial charge on any atom is 0.222 e. The summed E-state index contributed by atoms with van der Waals surface area (Å²) in [7, 11) is 0. The van der Waals surface area contributed by atoms with Crippen LogP contribution in [0, 0.1) is 0 Å². The fraction of sp³-hybridized carbons (Fsp3) is 0.167. The number of hydrogen-bond acceptors (Lipinski definition) is 3. The van der Waals surface area contributed by atoms with Crippen molar-refractivity contribution in [2.75, 3.05) is 5.32 Å². The van der Waals surface area contributed by atoms with Gasteiger partial charge in [0.25, 0.3) is 0 Å². The van der Waals surface area contributed by atoms with Crippen LogP contribution in [-0.2, 0) is 4.79 Å². The number of carbonyl (C=O) groups excluding carboxylic acids is 1. The molecule has 3 nitrogen and oxygen atoms in total. The van der Waals surface area contributed by atoms with Gasteiger partial charge < -0.3 is 5.32 Å². The Morgan fingerprint density at radius 3 is 2.93 bits per heavy atom.